The van der Waals surface area contributed by atoms with Gasteiger partial charge in [-0.2, -0.15) is 0 Å². The van der Waals surface area contributed by atoms with Gasteiger partial charge in [-0.25, -0.2) is 4.39 Å². The molecular weight excluding hydrogens is 243 g/mol. The normalized spacial score (nSPS) is 16.1. The average molecular weight is 258 g/mol. The first-order valence-electron chi connectivity index (χ1n) is 5.73. The van der Waals surface area contributed by atoms with E-state index in [1.807, 2.05) is 0 Å². The summed E-state index contributed by atoms with van der Waals surface area (Å²) in [6, 6.07) is 4.13. The molecule has 17 heavy (non-hydrogen) atoms. The Bertz CT molecular complexity index is 419. The number of amides is 1. The maximum Gasteiger partial charge on any atom is 0.279 e. The Balaban J connectivity index is 1.95. The number of quaternary nitrogens is 1. The fraction of sp³-hybridized carbons (Fsp3) is 0.417. The Kier molecular flexibility index (Phi) is 3.97. The van der Waals surface area contributed by atoms with Gasteiger partial charge >= 0.3 is 0 Å². The van der Waals surface area contributed by atoms with E-state index in [1.54, 1.807) is 0 Å². The van der Waals surface area contributed by atoms with Crippen molar-refractivity contribution in [2.75, 3.05) is 25.0 Å². The second-order valence-corrected chi connectivity index (χ2v) is 4.74. The van der Waals surface area contributed by atoms with Crippen molar-refractivity contribution in [3.63, 3.8) is 0 Å². The first-order chi connectivity index (χ1) is 8.15. The molecule has 0 bridgehead atoms. The SMILES string of the molecule is O=C(C[NH+]1CCCC1)Nc1cc(Cl)ccc1F. The Labute approximate surface area is 105 Å². The molecule has 1 aromatic carbocycles. The minimum absolute atomic E-state index is 0.154. The Hall–Kier alpha value is -1.13. The monoisotopic (exact) mass is 257 g/mol. The summed E-state index contributed by atoms with van der Waals surface area (Å²) < 4.78 is 13.4. The third kappa shape index (κ3) is 3.41. The third-order valence-electron chi connectivity index (χ3n) is 2.92. The van der Waals surface area contributed by atoms with Gasteiger partial charge in [0.15, 0.2) is 6.54 Å². The van der Waals surface area contributed by atoms with Gasteiger partial charge in [0, 0.05) is 17.9 Å². The highest BCUT2D eigenvalue weighted by Crippen LogP contribution is 2.19. The van der Waals surface area contributed by atoms with Crippen LogP contribution < -0.4 is 10.2 Å². The predicted molar refractivity (Wildman–Crippen MR) is 64.8 cm³/mol. The number of benzene rings is 1. The van der Waals surface area contributed by atoms with Crippen LogP contribution in [-0.2, 0) is 4.79 Å². The molecule has 1 amide bonds. The molecule has 0 aliphatic carbocycles. The summed E-state index contributed by atoms with van der Waals surface area (Å²) in [6.45, 7) is 2.43. The number of carbonyl (C=O) groups excluding carboxylic acids is 1. The van der Waals surface area contributed by atoms with Gasteiger partial charge in [0.2, 0.25) is 0 Å². The molecule has 5 heteroatoms. The summed E-state index contributed by atoms with van der Waals surface area (Å²) in [5, 5.41) is 2.97. The van der Waals surface area contributed by atoms with Crippen LogP contribution in [0.5, 0.6) is 0 Å². The Morgan fingerprint density at radius 3 is 2.82 bits per heavy atom. The molecule has 1 aliphatic rings. The number of likely N-dealkylation sites (tertiary alicyclic amines) is 1. The molecule has 1 aromatic rings. The lowest BCUT2D eigenvalue weighted by Gasteiger charge is -2.12. The van der Waals surface area contributed by atoms with Crippen LogP contribution in [0.1, 0.15) is 12.8 Å². The molecule has 2 N–H and O–H groups in total. The largest absolute Gasteiger partial charge is 0.327 e. The van der Waals surface area contributed by atoms with E-state index in [9.17, 15) is 9.18 Å². The summed E-state index contributed by atoms with van der Waals surface area (Å²) in [5.41, 5.74) is 0.154. The van der Waals surface area contributed by atoms with Crippen molar-refractivity contribution < 1.29 is 14.1 Å². The lowest BCUT2D eigenvalue weighted by molar-refractivity contribution is -0.878. The van der Waals surface area contributed by atoms with E-state index in [2.05, 4.69) is 5.32 Å². The van der Waals surface area contributed by atoms with Gasteiger partial charge in [-0.1, -0.05) is 11.6 Å². The number of hydrogen-bond donors (Lipinski definition) is 2. The summed E-state index contributed by atoms with van der Waals surface area (Å²) in [7, 11) is 0. The highest BCUT2D eigenvalue weighted by Gasteiger charge is 2.19. The van der Waals surface area contributed by atoms with E-state index < -0.39 is 5.82 Å². The van der Waals surface area contributed by atoms with Crippen molar-refractivity contribution in [1.82, 2.24) is 0 Å². The molecular formula is C12H15ClFN2O+. The van der Waals surface area contributed by atoms with Crippen molar-refractivity contribution in [2.45, 2.75) is 12.8 Å². The highest BCUT2D eigenvalue weighted by atomic mass is 35.5. The molecule has 92 valence electrons. The summed E-state index contributed by atoms with van der Waals surface area (Å²) in [6.07, 6.45) is 2.32. The predicted octanol–water partition coefficient (Wildman–Crippen LogP) is 1.10. The van der Waals surface area contributed by atoms with Gasteiger partial charge in [0.1, 0.15) is 5.82 Å². The molecule has 0 atom stereocenters. The van der Waals surface area contributed by atoms with Crippen LogP contribution in [0, 0.1) is 5.82 Å². The van der Waals surface area contributed by atoms with E-state index in [0.717, 1.165) is 25.9 Å². The molecule has 1 saturated heterocycles. The smallest absolute Gasteiger partial charge is 0.279 e. The highest BCUT2D eigenvalue weighted by molar-refractivity contribution is 6.30. The number of carbonyl (C=O) groups is 1. The second-order valence-electron chi connectivity index (χ2n) is 4.31. The molecule has 2 rings (SSSR count). The minimum atomic E-state index is -0.459. The quantitative estimate of drug-likeness (QED) is 0.835. The first-order valence-corrected chi connectivity index (χ1v) is 6.11. The van der Waals surface area contributed by atoms with E-state index in [1.165, 1.54) is 23.1 Å². The van der Waals surface area contributed by atoms with Crippen LogP contribution >= 0.6 is 11.6 Å². The van der Waals surface area contributed by atoms with Gasteiger partial charge < -0.3 is 10.2 Å². The van der Waals surface area contributed by atoms with E-state index >= 15 is 0 Å². The molecule has 1 aliphatic heterocycles. The maximum atomic E-state index is 13.4. The standard InChI is InChI=1S/C12H14ClFN2O/c13-9-3-4-10(14)11(7-9)15-12(17)8-16-5-1-2-6-16/h3-4,7H,1-2,5-6,8H2,(H,15,17)/p+1. The zero-order valence-corrected chi connectivity index (χ0v) is 10.2. The van der Waals surface area contributed by atoms with Crippen LogP contribution in [0.2, 0.25) is 5.02 Å². The van der Waals surface area contributed by atoms with Gasteiger partial charge in [-0.05, 0) is 18.2 Å². The third-order valence-corrected chi connectivity index (χ3v) is 3.16. The van der Waals surface area contributed by atoms with Crippen LogP contribution in [-0.4, -0.2) is 25.5 Å². The van der Waals surface area contributed by atoms with E-state index in [4.69, 9.17) is 11.6 Å². The molecule has 1 heterocycles. The molecule has 3 nitrogen and oxygen atoms in total. The summed E-state index contributed by atoms with van der Waals surface area (Å²) >= 11 is 5.75. The topological polar surface area (TPSA) is 33.5 Å². The van der Waals surface area contributed by atoms with Crippen molar-refractivity contribution >= 4 is 23.2 Å². The van der Waals surface area contributed by atoms with Crippen molar-refractivity contribution in [1.29, 1.82) is 0 Å². The lowest BCUT2D eigenvalue weighted by Crippen LogP contribution is -3.11. The average Bonchev–Trinajstić information content (AvgIpc) is 2.76. The number of halogens is 2. The molecule has 0 radical (unpaired) electrons. The van der Waals surface area contributed by atoms with Crippen LogP contribution in [0.3, 0.4) is 0 Å². The molecule has 0 spiro atoms. The van der Waals surface area contributed by atoms with E-state index in [-0.39, 0.29) is 11.6 Å². The zero-order valence-electron chi connectivity index (χ0n) is 9.43. The van der Waals surface area contributed by atoms with Crippen molar-refractivity contribution in [3.8, 4) is 0 Å². The Morgan fingerprint density at radius 1 is 1.41 bits per heavy atom. The zero-order chi connectivity index (χ0) is 12.3. The molecule has 1 fully saturated rings. The van der Waals surface area contributed by atoms with Crippen molar-refractivity contribution in [2.24, 2.45) is 0 Å². The summed E-state index contributed by atoms with van der Waals surface area (Å²) in [4.78, 5) is 12.9. The van der Waals surface area contributed by atoms with Crippen LogP contribution in [0.15, 0.2) is 18.2 Å². The fourth-order valence-electron chi connectivity index (χ4n) is 2.07. The first kappa shape index (κ1) is 12.3. The van der Waals surface area contributed by atoms with Gasteiger partial charge in [0.25, 0.3) is 5.91 Å². The lowest BCUT2D eigenvalue weighted by atomic mass is 10.3. The second kappa shape index (κ2) is 5.47. The van der Waals surface area contributed by atoms with Crippen molar-refractivity contribution in [3.05, 3.63) is 29.0 Å². The number of anilines is 1. The van der Waals surface area contributed by atoms with Gasteiger partial charge in [0.05, 0.1) is 18.8 Å². The number of nitrogens with one attached hydrogen (secondary N) is 2. The van der Waals surface area contributed by atoms with Gasteiger partial charge in [-0.15, -0.1) is 0 Å². The number of rotatable bonds is 3. The Morgan fingerprint density at radius 2 is 2.12 bits per heavy atom. The maximum absolute atomic E-state index is 13.4. The summed E-state index contributed by atoms with van der Waals surface area (Å²) in [5.74, 6) is -0.623. The molecule has 0 unspecified atom stereocenters. The number of hydrogen-bond acceptors (Lipinski definition) is 1. The molecule has 0 saturated carbocycles. The van der Waals surface area contributed by atoms with Crippen LogP contribution in [0.25, 0.3) is 0 Å². The van der Waals surface area contributed by atoms with Gasteiger partial charge in [-0.3, -0.25) is 4.79 Å². The van der Waals surface area contributed by atoms with Crippen LogP contribution in [0.4, 0.5) is 10.1 Å². The minimum Gasteiger partial charge on any atom is -0.327 e. The van der Waals surface area contributed by atoms with E-state index in [0.29, 0.717) is 11.6 Å². The fourth-order valence-corrected chi connectivity index (χ4v) is 2.24. The molecule has 0 aromatic heterocycles.